The van der Waals surface area contributed by atoms with Crippen molar-refractivity contribution < 1.29 is 48.1 Å². The SMILES string of the molecule is COc1ccc(COC(=O)C2=C(CSc3s[nH]c(=O)c3C(=O)O)CSC3C(NC(=O)/C(=N\OC(Sc4ccccc4)C(=O)OC(C)(C)C)c4csc(NC(c5ccccc5)(c5ccccc5)c5ccccc5)n4)C(=O)N23)cc1. The van der Waals surface area contributed by atoms with E-state index >= 15 is 0 Å². The number of esters is 2. The van der Waals surface area contributed by atoms with Gasteiger partial charge < -0.3 is 34.8 Å². The highest BCUT2D eigenvalue weighted by atomic mass is 32.2. The monoisotopic (exact) mass is 1140 g/mol. The van der Waals surface area contributed by atoms with Crippen LogP contribution >= 0.6 is 58.2 Å². The molecule has 2 aromatic heterocycles. The molecule has 3 unspecified atom stereocenters. The van der Waals surface area contributed by atoms with Gasteiger partial charge in [-0.15, -0.1) is 34.9 Å². The van der Waals surface area contributed by atoms with E-state index in [0.717, 1.165) is 51.7 Å². The molecule has 1 saturated heterocycles. The smallest absolute Gasteiger partial charge is 0.361 e. The summed E-state index contributed by atoms with van der Waals surface area (Å²) < 4.78 is 19.4. The van der Waals surface area contributed by atoms with Gasteiger partial charge in [0.15, 0.2) is 16.4 Å². The molecule has 78 heavy (non-hydrogen) atoms. The van der Waals surface area contributed by atoms with Gasteiger partial charge in [-0.05, 0) is 72.9 Å². The van der Waals surface area contributed by atoms with Crippen LogP contribution < -0.4 is 20.9 Å². The Morgan fingerprint density at radius 2 is 1.46 bits per heavy atom. The summed E-state index contributed by atoms with van der Waals surface area (Å²) in [6, 6.07) is 44.3. The van der Waals surface area contributed by atoms with Crippen LogP contribution in [0.1, 0.15) is 59.1 Å². The van der Waals surface area contributed by atoms with E-state index in [4.69, 9.17) is 24.0 Å². The zero-order valence-corrected chi connectivity index (χ0v) is 46.3. The third-order valence-electron chi connectivity index (χ3n) is 12.0. The maximum Gasteiger partial charge on any atom is 0.361 e. The number of hydrogen-bond donors (Lipinski definition) is 4. The number of amides is 2. The Labute approximate surface area is 469 Å². The number of H-pyrrole nitrogens is 1. The van der Waals surface area contributed by atoms with Crippen molar-refractivity contribution >= 4 is 98.7 Å². The second-order valence-electron chi connectivity index (χ2n) is 18.4. The number of aromatic amines is 1. The number of carboxylic acids is 1. The first kappa shape index (κ1) is 55.1. The first-order valence-corrected chi connectivity index (χ1v) is 28.7. The Kier molecular flexibility index (Phi) is 17.2. The zero-order valence-electron chi connectivity index (χ0n) is 42.2. The van der Waals surface area contributed by atoms with Gasteiger partial charge in [-0.2, -0.15) is 0 Å². The van der Waals surface area contributed by atoms with E-state index in [2.05, 4.69) is 20.2 Å². The molecule has 2 aliphatic heterocycles. The first-order chi connectivity index (χ1) is 37.6. The second-order valence-corrected chi connectivity index (χ2v) is 23.5. The molecule has 9 rings (SSSR count). The van der Waals surface area contributed by atoms with Crippen LogP contribution in [0.15, 0.2) is 181 Å². The summed E-state index contributed by atoms with van der Waals surface area (Å²) in [4.78, 5) is 94.7. The standard InChI is InChI=1S/C56H50N6O11S5/c1-55(2,3)72-51(69)52(77-39-23-15-8-16-24-39)73-60-42(40-32-76-54(57-40)59-56(35-17-9-5-10-18-35,36-19-11-6-12-20-36)37-21-13-7-14-22-37)46(64)58-43-47(65)62-44(50(68)71-29-33-25-27-38(70-4)28-26-33)34(30-74-48(43)62)31-75-53-41(49(66)67)45(63)61-78-53/h5-28,32,43,48,52H,29-31H2,1-4H3,(H,57,59)(H,58,64)(H,61,63)(H,66,67)/b60-42-. The summed E-state index contributed by atoms with van der Waals surface area (Å²) in [5.41, 5.74) is -1.12. The van der Waals surface area contributed by atoms with E-state index in [9.17, 15) is 33.9 Å². The van der Waals surface area contributed by atoms with Crippen LogP contribution in [0.25, 0.3) is 0 Å². The van der Waals surface area contributed by atoms with Crippen LogP contribution in [-0.4, -0.2) is 95.9 Å². The van der Waals surface area contributed by atoms with Crippen molar-refractivity contribution in [3.8, 4) is 5.75 Å². The fourth-order valence-electron chi connectivity index (χ4n) is 8.43. The van der Waals surface area contributed by atoms with E-state index in [0.29, 0.717) is 26.9 Å². The van der Waals surface area contributed by atoms with Gasteiger partial charge in [0.1, 0.15) is 46.3 Å². The highest BCUT2D eigenvalue weighted by Crippen LogP contribution is 2.44. The molecule has 3 atom stereocenters. The minimum atomic E-state index is -1.41. The van der Waals surface area contributed by atoms with Gasteiger partial charge in [0.25, 0.3) is 22.8 Å². The van der Waals surface area contributed by atoms with Crippen molar-refractivity contribution in [3.63, 3.8) is 0 Å². The lowest BCUT2D eigenvalue weighted by Crippen LogP contribution is -2.71. The van der Waals surface area contributed by atoms with Crippen LogP contribution in [0, 0.1) is 0 Å². The highest BCUT2D eigenvalue weighted by Gasteiger charge is 2.55. The predicted molar refractivity (Wildman–Crippen MR) is 302 cm³/mol. The third kappa shape index (κ3) is 12.4. The lowest BCUT2D eigenvalue weighted by molar-refractivity contribution is -0.162. The van der Waals surface area contributed by atoms with E-state index in [-0.39, 0.29) is 39.4 Å². The number of carboxylic acid groups (broad SMARTS) is 1. The van der Waals surface area contributed by atoms with Crippen LogP contribution in [0.5, 0.6) is 5.75 Å². The number of carbonyl (C=O) groups excluding carboxylic acids is 4. The molecule has 2 aliphatic rings. The van der Waals surface area contributed by atoms with Crippen molar-refractivity contribution in [3.05, 3.63) is 206 Å². The molecule has 0 aliphatic carbocycles. The Bertz CT molecular complexity index is 3330. The average molecular weight is 1140 g/mol. The number of oxime groups is 1. The molecule has 2 amide bonds. The van der Waals surface area contributed by atoms with E-state index in [1.807, 2.05) is 97.1 Å². The number of β-lactam (4-membered cyclic amide) rings is 1. The number of anilines is 1. The van der Waals surface area contributed by atoms with Crippen LogP contribution in [0.2, 0.25) is 0 Å². The third-order valence-corrected chi connectivity index (χ3v) is 17.4. The van der Waals surface area contributed by atoms with Crippen molar-refractivity contribution in [2.75, 3.05) is 23.9 Å². The number of methoxy groups -OCH3 is 1. The predicted octanol–water partition coefficient (Wildman–Crippen LogP) is 9.37. The van der Waals surface area contributed by atoms with Crippen molar-refractivity contribution in [1.82, 2.24) is 19.6 Å². The quantitative estimate of drug-likeness (QED) is 0.00999. The topological polar surface area (TPSA) is 228 Å². The van der Waals surface area contributed by atoms with Crippen LogP contribution in [0.3, 0.4) is 0 Å². The summed E-state index contributed by atoms with van der Waals surface area (Å²) in [5.74, 6) is -3.74. The van der Waals surface area contributed by atoms with E-state index < -0.39 is 68.8 Å². The summed E-state index contributed by atoms with van der Waals surface area (Å²) in [5, 5.41) is 21.9. The normalized spacial score (nSPS) is 15.8. The van der Waals surface area contributed by atoms with Gasteiger partial charge in [0, 0.05) is 21.8 Å². The minimum Gasteiger partial charge on any atom is -0.497 e. The van der Waals surface area contributed by atoms with Crippen LogP contribution in [0.4, 0.5) is 5.13 Å². The van der Waals surface area contributed by atoms with Gasteiger partial charge in [0.05, 0.1) is 11.3 Å². The van der Waals surface area contributed by atoms with Crippen LogP contribution in [-0.2, 0) is 45.6 Å². The molecule has 0 radical (unpaired) electrons. The summed E-state index contributed by atoms with van der Waals surface area (Å²) in [6.07, 6.45) is 0. The number of thioether (sulfide) groups is 3. The van der Waals surface area contributed by atoms with Gasteiger partial charge in [-0.25, -0.2) is 19.4 Å². The number of thiazole rings is 1. The van der Waals surface area contributed by atoms with Crippen molar-refractivity contribution in [1.29, 1.82) is 0 Å². The molecular weight excluding hydrogens is 1090 g/mol. The summed E-state index contributed by atoms with van der Waals surface area (Å²) in [6.45, 7) is 4.99. The zero-order chi connectivity index (χ0) is 55.0. The van der Waals surface area contributed by atoms with Gasteiger partial charge in [-0.1, -0.05) is 150 Å². The molecule has 17 nitrogen and oxygen atoms in total. The molecule has 1 fully saturated rings. The number of aromatic nitrogens is 2. The molecule has 4 heterocycles. The first-order valence-electron chi connectivity index (χ1n) is 24.1. The van der Waals surface area contributed by atoms with Crippen molar-refractivity contribution in [2.45, 2.75) is 64.5 Å². The number of nitrogens with one attached hydrogen (secondary N) is 3. The van der Waals surface area contributed by atoms with Gasteiger partial charge >= 0.3 is 17.9 Å². The average Bonchev–Trinajstić information content (AvgIpc) is 4.11. The minimum absolute atomic E-state index is 0.0236. The molecule has 400 valence electrons. The molecule has 0 bridgehead atoms. The van der Waals surface area contributed by atoms with E-state index in [1.165, 1.54) is 35.1 Å². The largest absolute Gasteiger partial charge is 0.497 e. The molecule has 0 saturated carbocycles. The van der Waals surface area contributed by atoms with Gasteiger partial charge in [-0.3, -0.25) is 23.7 Å². The number of carbonyl (C=O) groups is 5. The van der Waals surface area contributed by atoms with Crippen molar-refractivity contribution in [2.24, 2.45) is 5.16 Å². The summed E-state index contributed by atoms with van der Waals surface area (Å²) >= 11 is 5.36. The maximum absolute atomic E-state index is 15.0. The lowest BCUT2D eigenvalue weighted by atomic mass is 9.77. The second kappa shape index (κ2) is 24.4. The molecular formula is C56H50N6O11S5. The fraction of sp³-hybridized carbons (Fsp3) is 0.214. The fourth-order valence-corrected chi connectivity index (χ4v) is 13.4. The molecule has 4 N–H and O–H groups in total. The number of rotatable bonds is 21. The Morgan fingerprint density at radius 3 is 2.04 bits per heavy atom. The number of benzene rings is 5. The summed E-state index contributed by atoms with van der Waals surface area (Å²) in [7, 11) is 1.53. The highest BCUT2D eigenvalue weighted by molar-refractivity contribution is 8.02. The number of hydrogen-bond acceptors (Lipinski definition) is 18. The molecule has 5 aromatic carbocycles. The maximum atomic E-state index is 15.0. The number of aromatic carboxylic acids is 1. The number of fused-ring (bicyclic) bond motifs is 1. The molecule has 7 aromatic rings. The Hall–Kier alpha value is -7.63. The lowest BCUT2D eigenvalue weighted by Gasteiger charge is -2.49. The molecule has 22 heteroatoms. The molecule has 0 spiro atoms. The Morgan fingerprint density at radius 1 is 0.859 bits per heavy atom. The Balaban J connectivity index is 1.05. The van der Waals surface area contributed by atoms with E-state index in [1.54, 1.807) is 74.7 Å². The van der Waals surface area contributed by atoms with Gasteiger partial charge in [0.2, 0.25) is 0 Å². The number of nitrogens with zero attached hydrogens (tertiary/aromatic N) is 3. The number of ether oxygens (including phenoxy) is 3.